The molecule has 2 fully saturated rings. The minimum absolute atomic E-state index is 0.0478. The Bertz CT molecular complexity index is 1490. The third-order valence-electron chi connectivity index (χ3n) is 9.47. The Kier molecular flexibility index (Phi) is 6.63. The molecule has 2 aliphatic heterocycles. The van der Waals surface area contributed by atoms with Crippen LogP contribution in [0.2, 0.25) is 0 Å². The first-order chi connectivity index (χ1) is 19.2. The van der Waals surface area contributed by atoms with E-state index in [-0.39, 0.29) is 55.9 Å². The van der Waals surface area contributed by atoms with Gasteiger partial charge >= 0.3 is 0 Å². The summed E-state index contributed by atoms with van der Waals surface area (Å²) >= 11 is 0. The van der Waals surface area contributed by atoms with Crippen molar-refractivity contribution < 1.29 is 19.8 Å². The molecule has 3 aromatic rings. The molecule has 4 bridgehead atoms. The SMILES string of the molecule is CN1C(=O)c2cn(c(=O)cc2-c2ccccc2)CC2(O)CCN(C(=O)C(O)Cc3ccccc3)CC23CCC1C3. The number of rotatable bonds is 4. The van der Waals surface area contributed by atoms with Crippen molar-refractivity contribution in [2.75, 3.05) is 20.1 Å². The molecule has 2 N–H and O–H groups in total. The Morgan fingerprint density at radius 3 is 2.42 bits per heavy atom. The van der Waals surface area contributed by atoms with E-state index < -0.39 is 17.1 Å². The number of hydrogen-bond acceptors (Lipinski definition) is 5. The van der Waals surface area contributed by atoms with Crippen LogP contribution in [0.25, 0.3) is 11.1 Å². The number of benzene rings is 2. The molecule has 1 saturated heterocycles. The number of aliphatic hydroxyl groups excluding tert-OH is 1. The van der Waals surface area contributed by atoms with E-state index in [1.54, 1.807) is 23.0 Å². The molecule has 1 aromatic heterocycles. The summed E-state index contributed by atoms with van der Waals surface area (Å²) in [7, 11) is 1.78. The number of nitrogens with zero attached hydrogens (tertiary/aromatic N) is 3. The molecular formula is C32H35N3O5. The lowest BCUT2D eigenvalue weighted by atomic mass is 9.65. The van der Waals surface area contributed by atoms with Gasteiger partial charge in [-0.3, -0.25) is 14.4 Å². The smallest absolute Gasteiger partial charge is 0.255 e. The number of hydrogen-bond donors (Lipinski definition) is 2. The van der Waals surface area contributed by atoms with E-state index in [1.165, 1.54) is 10.6 Å². The average Bonchev–Trinajstić information content (AvgIpc) is 3.40. The van der Waals surface area contributed by atoms with Crippen molar-refractivity contribution >= 4 is 11.8 Å². The van der Waals surface area contributed by atoms with E-state index in [9.17, 15) is 24.6 Å². The number of piperidine rings is 1. The molecule has 2 amide bonds. The minimum Gasteiger partial charge on any atom is -0.387 e. The van der Waals surface area contributed by atoms with Crippen molar-refractivity contribution in [2.24, 2.45) is 5.41 Å². The zero-order valence-electron chi connectivity index (χ0n) is 22.7. The number of amides is 2. The van der Waals surface area contributed by atoms with Gasteiger partial charge in [-0.05, 0) is 36.8 Å². The van der Waals surface area contributed by atoms with Crippen LogP contribution in [0.1, 0.15) is 41.6 Å². The van der Waals surface area contributed by atoms with Gasteiger partial charge in [0.1, 0.15) is 6.10 Å². The van der Waals surface area contributed by atoms with Crippen LogP contribution < -0.4 is 5.56 Å². The van der Waals surface area contributed by atoms with Crippen LogP contribution in [0.15, 0.2) is 77.7 Å². The number of pyridine rings is 1. The van der Waals surface area contributed by atoms with Crippen molar-refractivity contribution in [2.45, 2.75) is 56.4 Å². The summed E-state index contributed by atoms with van der Waals surface area (Å²) in [5.74, 6) is -0.515. The number of likely N-dealkylation sites (tertiary alicyclic amines) is 1. The normalized spacial score (nSPS) is 26.8. The summed E-state index contributed by atoms with van der Waals surface area (Å²) in [6, 6.07) is 20.2. The van der Waals surface area contributed by atoms with Crippen LogP contribution >= 0.6 is 0 Å². The van der Waals surface area contributed by atoms with Gasteiger partial charge < -0.3 is 24.6 Å². The molecular weight excluding hydrogens is 506 g/mol. The second-order valence-electron chi connectivity index (χ2n) is 11.8. The van der Waals surface area contributed by atoms with Crippen LogP contribution in [0.5, 0.6) is 0 Å². The zero-order chi connectivity index (χ0) is 28.1. The van der Waals surface area contributed by atoms with Crippen molar-refractivity contribution in [3.8, 4) is 11.1 Å². The second-order valence-corrected chi connectivity index (χ2v) is 11.8. The zero-order valence-corrected chi connectivity index (χ0v) is 22.7. The third-order valence-corrected chi connectivity index (χ3v) is 9.47. The maximum absolute atomic E-state index is 13.8. The molecule has 8 heteroatoms. The van der Waals surface area contributed by atoms with Crippen molar-refractivity contribution in [1.82, 2.24) is 14.4 Å². The molecule has 40 heavy (non-hydrogen) atoms. The van der Waals surface area contributed by atoms with E-state index in [4.69, 9.17) is 0 Å². The number of carbonyl (C=O) groups excluding carboxylic acids is 2. The summed E-state index contributed by atoms with van der Waals surface area (Å²) in [5.41, 5.74) is 0.455. The van der Waals surface area contributed by atoms with Gasteiger partial charge in [0.2, 0.25) is 0 Å². The monoisotopic (exact) mass is 541 g/mol. The number of aromatic nitrogens is 1. The summed E-state index contributed by atoms with van der Waals surface area (Å²) in [6.45, 7) is 0.606. The predicted molar refractivity (Wildman–Crippen MR) is 151 cm³/mol. The highest BCUT2D eigenvalue weighted by Gasteiger charge is 2.59. The second kappa shape index (κ2) is 10.0. The maximum atomic E-state index is 13.8. The first-order valence-corrected chi connectivity index (χ1v) is 14.0. The molecule has 4 unspecified atom stereocenters. The highest BCUT2D eigenvalue weighted by Crippen LogP contribution is 2.53. The van der Waals surface area contributed by atoms with Crippen LogP contribution in [0.4, 0.5) is 0 Å². The topological polar surface area (TPSA) is 103 Å². The first-order valence-electron chi connectivity index (χ1n) is 14.0. The van der Waals surface area contributed by atoms with E-state index in [0.29, 0.717) is 30.4 Å². The molecule has 4 atom stereocenters. The van der Waals surface area contributed by atoms with Crippen LogP contribution in [0, 0.1) is 5.41 Å². The lowest BCUT2D eigenvalue weighted by Crippen LogP contribution is -2.63. The maximum Gasteiger partial charge on any atom is 0.255 e. The fourth-order valence-corrected chi connectivity index (χ4v) is 7.10. The molecule has 6 rings (SSSR count). The average molecular weight is 542 g/mol. The largest absolute Gasteiger partial charge is 0.387 e. The summed E-state index contributed by atoms with van der Waals surface area (Å²) in [4.78, 5) is 44.0. The lowest BCUT2D eigenvalue weighted by molar-refractivity contribution is -0.167. The van der Waals surface area contributed by atoms with Gasteiger partial charge in [0, 0.05) is 55.8 Å². The molecule has 3 heterocycles. The standard InChI is InChI=1S/C32H35N3O5/c1-33-24-12-13-31(18-24)20-34(30(39)27(36)16-22-8-4-2-5-9-22)15-14-32(31,40)21-35-19-26(29(33)38)25(17-28(35)37)23-10-6-3-7-11-23/h2-11,17,19,24,27,36,40H,12-16,18,20-21H2,1H3. The Balaban J connectivity index is 1.34. The number of carbonyl (C=O) groups is 2. The molecule has 208 valence electrons. The van der Waals surface area contributed by atoms with Gasteiger partial charge in [-0.25, -0.2) is 0 Å². The van der Waals surface area contributed by atoms with Gasteiger partial charge in [0.15, 0.2) is 0 Å². The summed E-state index contributed by atoms with van der Waals surface area (Å²) in [5, 5.41) is 23.1. The Morgan fingerprint density at radius 1 is 1.00 bits per heavy atom. The Hall–Kier alpha value is -3.75. The lowest BCUT2D eigenvalue weighted by Gasteiger charge is -2.53. The van der Waals surface area contributed by atoms with Gasteiger partial charge in [-0.2, -0.15) is 0 Å². The Labute approximate surface area is 233 Å². The minimum atomic E-state index is -1.25. The van der Waals surface area contributed by atoms with Crippen LogP contribution in [0.3, 0.4) is 0 Å². The summed E-state index contributed by atoms with van der Waals surface area (Å²) < 4.78 is 1.47. The van der Waals surface area contributed by atoms with Gasteiger partial charge in [-0.15, -0.1) is 0 Å². The van der Waals surface area contributed by atoms with Gasteiger partial charge in [-0.1, -0.05) is 60.7 Å². The number of fused-ring (bicyclic) bond motifs is 3. The van der Waals surface area contributed by atoms with Crippen molar-refractivity contribution in [3.05, 3.63) is 94.4 Å². The fraction of sp³-hybridized carbons (Fsp3) is 0.406. The molecule has 8 nitrogen and oxygen atoms in total. The Morgan fingerprint density at radius 2 is 1.70 bits per heavy atom. The first kappa shape index (κ1) is 26.5. The van der Waals surface area contributed by atoms with Crippen LogP contribution in [-0.2, 0) is 17.8 Å². The summed E-state index contributed by atoms with van der Waals surface area (Å²) in [6.07, 6.45) is 2.74. The molecule has 0 radical (unpaired) electrons. The third kappa shape index (κ3) is 4.45. The fourth-order valence-electron chi connectivity index (χ4n) is 7.10. The highest BCUT2D eigenvalue weighted by atomic mass is 16.3. The van der Waals surface area contributed by atoms with E-state index in [2.05, 4.69) is 0 Å². The predicted octanol–water partition coefficient (Wildman–Crippen LogP) is 2.71. The van der Waals surface area contributed by atoms with E-state index in [1.807, 2.05) is 60.7 Å². The van der Waals surface area contributed by atoms with Crippen molar-refractivity contribution in [1.29, 1.82) is 0 Å². The molecule has 1 spiro atoms. The van der Waals surface area contributed by atoms with Crippen LogP contribution in [-0.4, -0.2) is 74.3 Å². The van der Waals surface area contributed by atoms with E-state index in [0.717, 1.165) is 11.1 Å². The number of aliphatic hydroxyl groups is 2. The molecule has 2 aromatic carbocycles. The molecule has 1 aliphatic carbocycles. The quantitative estimate of drug-likeness (QED) is 0.529. The van der Waals surface area contributed by atoms with Crippen molar-refractivity contribution in [3.63, 3.8) is 0 Å². The van der Waals surface area contributed by atoms with E-state index >= 15 is 0 Å². The van der Waals surface area contributed by atoms with Gasteiger partial charge in [0.05, 0.1) is 17.7 Å². The molecule has 3 aliphatic rings. The molecule has 1 saturated carbocycles. The highest BCUT2D eigenvalue weighted by molar-refractivity contribution is 6.00. The van der Waals surface area contributed by atoms with Gasteiger partial charge in [0.25, 0.3) is 17.4 Å².